The van der Waals surface area contributed by atoms with Gasteiger partial charge in [0.15, 0.2) is 5.78 Å². The lowest BCUT2D eigenvalue weighted by atomic mass is 9.91. The Morgan fingerprint density at radius 2 is 2.06 bits per heavy atom. The van der Waals surface area contributed by atoms with Crippen LogP contribution in [0, 0.1) is 0 Å². The summed E-state index contributed by atoms with van der Waals surface area (Å²) in [7, 11) is 2.00. The van der Waals surface area contributed by atoms with Gasteiger partial charge in [0.25, 0.3) is 0 Å². The van der Waals surface area contributed by atoms with E-state index in [-0.39, 0.29) is 5.78 Å². The van der Waals surface area contributed by atoms with Crippen molar-refractivity contribution in [2.75, 3.05) is 13.6 Å². The zero-order valence-electron chi connectivity index (χ0n) is 9.75. The summed E-state index contributed by atoms with van der Waals surface area (Å²) in [5.74, 6) is 0.0953. The predicted octanol–water partition coefficient (Wildman–Crippen LogP) is 3.66. The first-order valence-electron chi connectivity index (χ1n) is 5.76. The number of Topliss-reactive ketones (excluding diaryl/α,β-unsaturated/α-hetero) is 1. The van der Waals surface area contributed by atoms with Crippen molar-refractivity contribution in [2.24, 2.45) is 0 Å². The first kappa shape index (κ1) is 12.9. The van der Waals surface area contributed by atoms with Gasteiger partial charge in [-0.05, 0) is 38.1 Å². The molecule has 1 aromatic rings. The average molecular weight is 272 g/mol. The molecule has 1 fully saturated rings. The van der Waals surface area contributed by atoms with Gasteiger partial charge in [-0.25, -0.2) is 0 Å². The van der Waals surface area contributed by atoms with Crippen LogP contribution in [0.25, 0.3) is 0 Å². The van der Waals surface area contributed by atoms with Crippen molar-refractivity contribution in [3.8, 4) is 0 Å². The molecule has 0 radical (unpaired) electrons. The van der Waals surface area contributed by atoms with Gasteiger partial charge in [0.2, 0.25) is 0 Å². The lowest BCUT2D eigenvalue weighted by molar-refractivity contribution is 0.0870. The van der Waals surface area contributed by atoms with Gasteiger partial charge in [-0.3, -0.25) is 9.69 Å². The Balaban J connectivity index is 2.01. The van der Waals surface area contributed by atoms with Crippen molar-refractivity contribution >= 4 is 29.0 Å². The highest BCUT2D eigenvalue weighted by Crippen LogP contribution is 2.25. The molecule has 2 nitrogen and oxygen atoms in total. The van der Waals surface area contributed by atoms with Crippen LogP contribution in [-0.2, 0) is 0 Å². The molecule has 0 aromatic heterocycles. The van der Waals surface area contributed by atoms with Crippen LogP contribution in [0.4, 0.5) is 0 Å². The Morgan fingerprint density at radius 1 is 1.35 bits per heavy atom. The van der Waals surface area contributed by atoms with Crippen molar-refractivity contribution in [1.82, 2.24) is 4.90 Å². The number of rotatable bonds is 4. The SMILES string of the molecule is CN(CC(=O)c1ccc(Cl)c(Cl)c1)C1CCC1. The standard InChI is InChI=1S/C13H15Cl2NO/c1-16(10-3-2-4-10)8-13(17)9-5-6-11(14)12(15)7-9/h5-7,10H,2-4,8H2,1H3. The van der Waals surface area contributed by atoms with Crippen molar-refractivity contribution in [1.29, 1.82) is 0 Å². The molecule has 0 amide bonds. The molecule has 92 valence electrons. The van der Waals surface area contributed by atoms with Gasteiger partial charge >= 0.3 is 0 Å². The molecule has 0 bridgehead atoms. The lowest BCUT2D eigenvalue weighted by Crippen LogP contribution is -2.40. The van der Waals surface area contributed by atoms with Crippen molar-refractivity contribution in [3.63, 3.8) is 0 Å². The van der Waals surface area contributed by atoms with E-state index < -0.39 is 0 Å². The highest BCUT2D eigenvalue weighted by Gasteiger charge is 2.23. The highest BCUT2D eigenvalue weighted by atomic mass is 35.5. The van der Waals surface area contributed by atoms with Gasteiger partial charge in [-0.15, -0.1) is 0 Å². The molecule has 0 unspecified atom stereocenters. The molecule has 17 heavy (non-hydrogen) atoms. The summed E-state index contributed by atoms with van der Waals surface area (Å²) in [6, 6.07) is 5.61. The number of carbonyl (C=O) groups excluding carboxylic acids is 1. The van der Waals surface area contributed by atoms with Crippen molar-refractivity contribution in [2.45, 2.75) is 25.3 Å². The molecule has 1 saturated carbocycles. The first-order valence-corrected chi connectivity index (χ1v) is 6.52. The summed E-state index contributed by atoms with van der Waals surface area (Å²) in [6.07, 6.45) is 3.67. The number of benzene rings is 1. The molecular formula is C13H15Cl2NO. The van der Waals surface area contributed by atoms with Crippen LogP contribution in [0.1, 0.15) is 29.6 Å². The topological polar surface area (TPSA) is 20.3 Å². The van der Waals surface area contributed by atoms with E-state index in [1.165, 1.54) is 19.3 Å². The summed E-state index contributed by atoms with van der Waals surface area (Å²) in [4.78, 5) is 14.1. The highest BCUT2D eigenvalue weighted by molar-refractivity contribution is 6.42. The predicted molar refractivity (Wildman–Crippen MR) is 71.1 cm³/mol. The maximum absolute atomic E-state index is 12.0. The monoisotopic (exact) mass is 271 g/mol. The van der Waals surface area contributed by atoms with Crippen molar-refractivity contribution < 1.29 is 4.79 Å². The average Bonchev–Trinajstić information content (AvgIpc) is 2.19. The van der Waals surface area contributed by atoms with Crippen LogP contribution < -0.4 is 0 Å². The largest absolute Gasteiger partial charge is 0.296 e. The first-order chi connectivity index (χ1) is 8.08. The number of hydrogen-bond acceptors (Lipinski definition) is 2. The van der Waals surface area contributed by atoms with E-state index >= 15 is 0 Å². The summed E-state index contributed by atoms with van der Waals surface area (Å²) < 4.78 is 0. The molecule has 4 heteroatoms. The van der Waals surface area contributed by atoms with Crippen LogP contribution in [-0.4, -0.2) is 30.3 Å². The number of hydrogen-bond donors (Lipinski definition) is 0. The summed E-state index contributed by atoms with van der Waals surface area (Å²) in [5, 5.41) is 0.916. The number of ketones is 1. The second-order valence-electron chi connectivity index (χ2n) is 4.55. The number of likely N-dealkylation sites (N-methyl/N-ethyl adjacent to an activating group) is 1. The molecule has 2 rings (SSSR count). The van der Waals surface area contributed by atoms with Gasteiger partial charge in [0, 0.05) is 11.6 Å². The zero-order valence-corrected chi connectivity index (χ0v) is 11.3. The van der Waals surface area contributed by atoms with E-state index in [0.29, 0.717) is 28.2 Å². The summed E-state index contributed by atoms with van der Waals surface area (Å²) >= 11 is 11.7. The molecule has 0 atom stereocenters. The number of halogens is 2. The third-order valence-electron chi connectivity index (χ3n) is 3.33. The molecule has 0 spiro atoms. The van der Waals surface area contributed by atoms with Gasteiger partial charge < -0.3 is 0 Å². The number of carbonyl (C=O) groups is 1. The van der Waals surface area contributed by atoms with E-state index in [0.717, 1.165) is 0 Å². The third kappa shape index (κ3) is 3.01. The minimum Gasteiger partial charge on any atom is -0.296 e. The smallest absolute Gasteiger partial charge is 0.176 e. The molecule has 0 heterocycles. The molecule has 0 N–H and O–H groups in total. The van der Waals surface area contributed by atoms with E-state index in [4.69, 9.17) is 23.2 Å². The molecular weight excluding hydrogens is 257 g/mol. The maximum Gasteiger partial charge on any atom is 0.176 e. The van der Waals surface area contributed by atoms with Crippen LogP contribution in [0.15, 0.2) is 18.2 Å². The van der Waals surface area contributed by atoms with Gasteiger partial charge in [-0.2, -0.15) is 0 Å². The maximum atomic E-state index is 12.0. The Hall–Kier alpha value is -0.570. The molecule has 0 saturated heterocycles. The van der Waals surface area contributed by atoms with Crippen LogP contribution >= 0.6 is 23.2 Å². The fourth-order valence-corrected chi connectivity index (χ4v) is 2.24. The lowest BCUT2D eigenvalue weighted by Gasteiger charge is -2.34. The van der Waals surface area contributed by atoms with Crippen LogP contribution in [0.3, 0.4) is 0 Å². The third-order valence-corrected chi connectivity index (χ3v) is 4.07. The van der Waals surface area contributed by atoms with E-state index in [2.05, 4.69) is 4.90 Å². The quantitative estimate of drug-likeness (QED) is 0.779. The normalized spacial score (nSPS) is 16.0. The Labute approximate surface area is 112 Å². The second kappa shape index (κ2) is 5.38. The minimum atomic E-state index is 0.0953. The molecule has 1 aliphatic rings. The molecule has 0 aliphatic heterocycles. The Morgan fingerprint density at radius 3 is 2.59 bits per heavy atom. The summed E-state index contributed by atoms with van der Waals surface area (Å²) in [5.41, 5.74) is 0.630. The Kier molecular flexibility index (Phi) is 4.08. The van der Waals surface area contributed by atoms with Crippen LogP contribution in [0.5, 0.6) is 0 Å². The zero-order chi connectivity index (χ0) is 12.4. The molecule has 1 aromatic carbocycles. The van der Waals surface area contributed by atoms with Crippen molar-refractivity contribution in [3.05, 3.63) is 33.8 Å². The van der Waals surface area contributed by atoms with E-state index in [1.54, 1.807) is 18.2 Å². The minimum absolute atomic E-state index is 0.0953. The van der Waals surface area contributed by atoms with E-state index in [1.807, 2.05) is 7.05 Å². The fourth-order valence-electron chi connectivity index (χ4n) is 1.94. The fraction of sp³-hybridized carbons (Fsp3) is 0.462. The Bertz CT molecular complexity index is 429. The van der Waals surface area contributed by atoms with Gasteiger partial charge in [-0.1, -0.05) is 29.6 Å². The molecule has 1 aliphatic carbocycles. The van der Waals surface area contributed by atoms with E-state index in [9.17, 15) is 4.79 Å². The second-order valence-corrected chi connectivity index (χ2v) is 5.37. The van der Waals surface area contributed by atoms with Gasteiger partial charge in [0.1, 0.15) is 0 Å². The van der Waals surface area contributed by atoms with Crippen LogP contribution in [0.2, 0.25) is 10.0 Å². The summed E-state index contributed by atoms with van der Waals surface area (Å²) in [6.45, 7) is 0.447. The number of nitrogens with zero attached hydrogens (tertiary/aromatic N) is 1. The van der Waals surface area contributed by atoms with Gasteiger partial charge in [0.05, 0.1) is 16.6 Å².